The number of nitrogens with two attached hydrogens (primary N) is 1. The molecule has 2 heterocycles. The van der Waals surface area contributed by atoms with Crippen molar-refractivity contribution in [2.75, 3.05) is 26.6 Å². The minimum absolute atomic E-state index is 0.290. The van der Waals surface area contributed by atoms with Gasteiger partial charge >= 0.3 is 0 Å². The van der Waals surface area contributed by atoms with E-state index in [2.05, 4.69) is 15.4 Å². The fraction of sp³-hybridized carbons (Fsp3) is 0.227. The van der Waals surface area contributed by atoms with Crippen molar-refractivity contribution in [2.45, 2.75) is 13.0 Å². The first-order valence-corrected chi connectivity index (χ1v) is 9.67. The van der Waals surface area contributed by atoms with Gasteiger partial charge in [0.15, 0.2) is 17.3 Å². The molecule has 0 saturated carbocycles. The van der Waals surface area contributed by atoms with Crippen LogP contribution in [0.15, 0.2) is 47.7 Å². The number of halogens is 1. The topological polar surface area (TPSA) is 114 Å². The Balaban J connectivity index is 1.94. The van der Waals surface area contributed by atoms with Gasteiger partial charge in [0.1, 0.15) is 17.6 Å². The zero-order chi connectivity index (χ0) is 23.0. The lowest BCUT2D eigenvalue weighted by Crippen LogP contribution is -2.32. The summed E-state index contributed by atoms with van der Waals surface area (Å²) in [6, 6.07) is 8.45. The summed E-state index contributed by atoms with van der Waals surface area (Å²) in [4.78, 5) is 17.0. The molecule has 0 bridgehead atoms. The van der Waals surface area contributed by atoms with E-state index in [-0.39, 0.29) is 5.82 Å². The molecule has 1 aromatic heterocycles. The van der Waals surface area contributed by atoms with Gasteiger partial charge in [-0.05, 0) is 37.3 Å². The van der Waals surface area contributed by atoms with Crippen LogP contribution in [0.4, 0.5) is 10.3 Å². The first-order valence-electron chi connectivity index (χ1n) is 9.67. The Hall–Kier alpha value is -4.08. The van der Waals surface area contributed by atoms with Gasteiger partial charge < -0.3 is 25.3 Å². The number of carbonyl (C=O) groups is 1. The number of hydrogen-bond acceptors (Lipinski definition) is 7. The number of aromatic nitrogens is 3. The van der Waals surface area contributed by atoms with E-state index in [4.69, 9.17) is 19.9 Å². The Morgan fingerprint density at radius 2 is 1.69 bits per heavy atom. The first-order chi connectivity index (χ1) is 15.4. The molecule has 32 heavy (non-hydrogen) atoms. The van der Waals surface area contributed by atoms with Gasteiger partial charge in [0.05, 0.1) is 26.9 Å². The summed E-state index contributed by atoms with van der Waals surface area (Å²) in [5.41, 5.74) is 7.78. The van der Waals surface area contributed by atoms with Crippen molar-refractivity contribution in [2.24, 2.45) is 5.73 Å². The number of methoxy groups -OCH3 is 3. The molecule has 0 spiro atoms. The zero-order valence-electron chi connectivity index (χ0n) is 18.0. The Kier molecular flexibility index (Phi) is 5.43. The van der Waals surface area contributed by atoms with E-state index in [9.17, 15) is 9.18 Å². The van der Waals surface area contributed by atoms with Crippen molar-refractivity contribution < 1.29 is 23.4 Å². The monoisotopic (exact) mass is 439 g/mol. The molecule has 2 aromatic carbocycles. The second-order valence-corrected chi connectivity index (χ2v) is 7.09. The predicted molar refractivity (Wildman–Crippen MR) is 115 cm³/mol. The number of anilines is 1. The van der Waals surface area contributed by atoms with Crippen LogP contribution in [0.1, 0.15) is 18.5 Å². The van der Waals surface area contributed by atoms with Crippen molar-refractivity contribution in [1.82, 2.24) is 14.8 Å². The van der Waals surface area contributed by atoms with Crippen LogP contribution in [0, 0.1) is 5.82 Å². The third-order valence-electron chi connectivity index (χ3n) is 5.25. The van der Waals surface area contributed by atoms with Crippen LogP contribution >= 0.6 is 0 Å². The van der Waals surface area contributed by atoms with Crippen LogP contribution in [0.3, 0.4) is 0 Å². The highest BCUT2D eigenvalue weighted by Crippen LogP contribution is 2.44. The fourth-order valence-electron chi connectivity index (χ4n) is 3.75. The van der Waals surface area contributed by atoms with E-state index in [1.54, 1.807) is 35.9 Å². The Bertz CT molecular complexity index is 1220. The summed E-state index contributed by atoms with van der Waals surface area (Å²) < 4.78 is 31.3. The van der Waals surface area contributed by atoms with E-state index < -0.39 is 11.9 Å². The number of carbonyl (C=O) groups excluding carboxylic acids is 1. The maximum Gasteiger partial charge on any atom is 0.248 e. The zero-order valence-corrected chi connectivity index (χ0v) is 18.0. The summed E-state index contributed by atoms with van der Waals surface area (Å²) in [6.07, 6.45) is 0. The molecule has 0 aliphatic carbocycles. The Labute approximate surface area is 183 Å². The third-order valence-corrected chi connectivity index (χ3v) is 5.25. The SMILES string of the molecule is COc1cc(OC)c(C2C(C(N)=O)=C(C)Nc3nc(-c4ccc(F)cc4)nn32)cc1OC. The molecule has 3 aromatic rings. The maximum absolute atomic E-state index is 13.4. The van der Waals surface area contributed by atoms with Crippen LogP contribution in [0.25, 0.3) is 11.4 Å². The van der Waals surface area contributed by atoms with Gasteiger partial charge in [-0.2, -0.15) is 4.98 Å². The van der Waals surface area contributed by atoms with E-state index in [1.807, 2.05) is 0 Å². The molecule has 0 radical (unpaired) electrons. The molecule has 10 heteroatoms. The number of allylic oxidation sites excluding steroid dienone is 1. The van der Waals surface area contributed by atoms with Crippen LogP contribution < -0.4 is 25.3 Å². The first kappa shape index (κ1) is 21.2. The molecular formula is C22H22FN5O4. The minimum Gasteiger partial charge on any atom is -0.496 e. The number of benzene rings is 2. The van der Waals surface area contributed by atoms with Crippen molar-refractivity contribution in [3.8, 4) is 28.6 Å². The van der Waals surface area contributed by atoms with Crippen molar-refractivity contribution in [3.63, 3.8) is 0 Å². The van der Waals surface area contributed by atoms with E-state index in [0.717, 1.165) is 0 Å². The van der Waals surface area contributed by atoms with Crippen LogP contribution in [0.5, 0.6) is 17.2 Å². The van der Waals surface area contributed by atoms with Crippen molar-refractivity contribution in [3.05, 3.63) is 59.0 Å². The second kappa shape index (κ2) is 8.22. The number of rotatable bonds is 6. The van der Waals surface area contributed by atoms with Gasteiger partial charge in [-0.25, -0.2) is 9.07 Å². The largest absolute Gasteiger partial charge is 0.496 e. The molecule has 0 fully saturated rings. The molecule has 0 saturated heterocycles. The smallest absolute Gasteiger partial charge is 0.248 e. The van der Waals surface area contributed by atoms with Crippen molar-refractivity contribution >= 4 is 11.9 Å². The molecule has 3 N–H and O–H groups in total. The number of ether oxygens (including phenoxy) is 3. The van der Waals surface area contributed by atoms with E-state index >= 15 is 0 Å². The third kappa shape index (κ3) is 3.49. The Morgan fingerprint density at radius 3 is 2.28 bits per heavy atom. The summed E-state index contributed by atoms with van der Waals surface area (Å²) in [6.45, 7) is 1.73. The maximum atomic E-state index is 13.4. The standard InChI is InChI=1S/C22H22FN5O4/c1-11-18(20(24)29)19(14-9-16(31-3)17(32-4)10-15(14)30-2)28-22(25-11)26-21(27-28)12-5-7-13(23)8-6-12/h5-10,19H,1-4H3,(H2,24,29)(H,25,26,27). The molecule has 4 rings (SSSR count). The fourth-order valence-corrected chi connectivity index (χ4v) is 3.75. The number of nitrogens with one attached hydrogen (secondary N) is 1. The van der Waals surface area contributed by atoms with Gasteiger partial charge in [-0.15, -0.1) is 5.10 Å². The molecule has 1 aliphatic rings. The van der Waals surface area contributed by atoms with E-state index in [1.165, 1.54) is 33.5 Å². The molecule has 1 unspecified atom stereocenters. The molecule has 166 valence electrons. The lowest BCUT2D eigenvalue weighted by atomic mass is 9.94. The lowest BCUT2D eigenvalue weighted by Gasteiger charge is -2.29. The van der Waals surface area contributed by atoms with Gasteiger partial charge in [0, 0.05) is 22.9 Å². The highest BCUT2D eigenvalue weighted by Gasteiger charge is 2.36. The lowest BCUT2D eigenvalue weighted by molar-refractivity contribution is -0.115. The number of nitrogens with zero attached hydrogens (tertiary/aromatic N) is 3. The quantitative estimate of drug-likeness (QED) is 0.607. The number of amides is 1. The molecular weight excluding hydrogens is 417 g/mol. The molecule has 1 atom stereocenters. The van der Waals surface area contributed by atoms with Gasteiger partial charge in [-0.3, -0.25) is 4.79 Å². The van der Waals surface area contributed by atoms with Gasteiger partial charge in [0.2, 0.25) is 11.9 Å². The van der Waals surface area contributed by atoms with Crippen LogP contribution in [-0.4, -0.2) is 42.0 Å². The number of fused-ring (bicyclic) bond motifs is 1. The molecule has 1 aliphatic heterocycles. The number of primary amides is 1. The Morgan fingerprint density at radius 1 is 1.06 bits per heavy atom. The second-order valence-electron chi connectivity index (χ2n) is 7.09. The van der Waals surface area contributed by atoms with Crippen LogP contribution in [0.2, 0.25) is 0 Å². The summed E-state index contributed by atoms with van der Waals surface area (Å²) >= 11 is 0. The van der Waals surface area contributed by atoms with Crippen LogP contribution in [-0.2, 0) is 4.79 Å². The average Bonchev–Trinajstić information content (AvgIpc) is 3.20. The van der Waals surface area contributed by atoms with Gasteiger partial charge in [0.25, 0.3) is 0 Å². The van der Waals surface area contributed by atoms with E-state index in [0.29, 0.717) is 51.4 Å². The minimum atomic E-state index is -0.750. The summed E-state index contributed by atoms with van der Waals surface area (Å²) in [5, 5.41) is 7.68. The van der Waals surface area contributed by atoms with Gasteiger partial charge in [-0.1, -0.05) is 0 Å². The summed E-state index contributed by atoms with van der Waals surface area (Å²) in [7, 11) is 4.55. The predicted octanol–water partition coefficient (Wildman–Crippen LogP) is 2.88. The van der Waals surface area contributed by atoms with Crippen molar-refractivity contribution in [1.29, 1.82) is 0 Å². The number of hydrogen-bond donors (Lipinski definition) is 2. The molecule has 9 nitrogen and oxygen atoms in total. The highest BCUT2D eigenvalue weighted by molar-refractivity contribution is 5.95. The summed E-state index contributed by atoms with van der Waals surface area (Å²) in [5.74, 6) is 1.13. The highest BCUT2D eigenvalue weighted by atomic mass is 19.1. The molecule has 1 amide bonds. The average molecular weight is 439 g/mol. The normalized spacial score (nSPS) is 15.1.